The summed E-state index contributed by atoms with van der Waals surface area (Å²) in [7, 11) is -3.25. The van der Waals surface area contributed by atoms with E-state index in [1.165, 1.54) is 17.4 Å². The van der Waals surface area contributed by atoms with Crippen molar-refractivity contribution >= 4 is 49.1 Å². The van der Waals surface area contributed by atoms with Crippen LogP contribution in [0.4, 0.5) is 0 Å². The first-order valence-corrected chi connectivity index (χ1v) is 12.2. The molecule has 0 saturated heterocycles. The van der Waals surface area contributed by atoms with Gasteiger partial charge in [-0.2, -0.15) is 0 Å². The van der Waals surface area contributed by atoms with E-state index in [4.69, 9.17) is 9.15 Å². The Balaban J connectivity index is 1.52. The largest absolute Gasteiger partial charge is 0.457 e. The van der Waals surface area contributed by atoms with Crippen LogP contribution >= 0.6 is 11.3 Å². The van der Waals surface area contributed by atoms with Crippen molar-refractivity contribution in [2.75, 3.05) is 12.8 Å². The molecule has 7 nitrogen and oxygen atoms in total. The smallest absolute Gasteiger partial charge is 0.348 e. The Labute approximate surface area is 182 Å². The Kier molecular flexibility index (Phi) is 5.90. The topological polar surface area (TPSA) is 103 Å². The van der Waals surface area contributed by atoms with E-state index < -0.39 is 21.6 Å². The third kappa shape index (κ3) is 5.01. The first kappa shape index (κ1) is 21.2. The first-order valence-electron chi connectivity index (χ1n) is 9.45. The second-order valence-electron chi connectivity index (χ2n) is 7.01. The zero-order valence-corrected chi connectivity index (χ0v) is 18.2. The molecular formula is C22H19NO6S2. The van der Waals surface area contributed by atoms with Gasteiger partial charge in [-0.25, -0.2) is 22.7 Å². The SMILES string of the molecule is CS(=O)(=O)NCCc1ccc(C(=O)OCc2cc(=O)oc3ccc4ccccc4c23)s1. The van der Waals surface area contributed by atoms with Crippen molar-refractivity contribution < 1.29 is 22.4 Å². The molecule has 4 aromatic rings. The maximum atomic E-state index is 12.5. The molecule has 160 valence electrons. The molecule has 4 rings (SSSR count). The van der Waals surface area contributed by atoms with E-state index in [1.54, 1.807) is 18.2 Å². The minimum absolute atomic E-state index is 0.0716. The van der Waals surface area contributed by atoms with Crippen LogP contribution in [0.1, 0.15) is 20.1 Å². The normalized spacial score (nSPS) is 11.8. The van der Waals surface area contributed by atoms with Crippen LogP contribution in [0.5, 0.6) is 0 Å². The number of nitrogens with one attached hydrogen (secondary N) is 1. The van der Waals surface area contributed by atoms with Crippen molar-refractivity contribution in [2.24, 2.45) is 0 Å². The number of hydrogen-bond donors (Lipinski definition) is 1. The summed E-state index contributed by atoms with van der Waals surface area (Å²) in [6, 6.07) is 16.1. The molecule has 0 bridgehead atoms. The number of thiophene rings is 1. The van der Waals surface area contributed by atoms with Gasteiger partial charge in [0.15, 0.2) is 0 Å². The van der Waals surface area contributed by atoms with Gasteiger partial charge in [-0.05, 0) is 35.4 Å². The zero-order chi connectivity index (χ0) is 22.0. The van der Waals surface area contributed by atoms with Gasteiger partial charge in [0.2, 0.25) is 10.0 Å². The molecule has 9 heteroatoms. The second-order valence-corrected chi connectivity index (χ2v) is 10.0. The molecule has 0 aliphatic heterocycles. The number of ether oxygens (including phenoxy) is 1. The van der Waals surface area contributed by atoms with Crippen molar-refractivity contribution in [3.8, 4) is 0 Å². The summed E-state index contributed by atoms with van der Waals surface area (Å²) in [6.45, 7) is 0.185. The quantitative estimate of drug-likeness (QED) is 0.259. The van der Waals surface area contributed by atoms with Crippen LogP contribution in [-0.4, -0.2) is 27.2 Å². The highest BCUT2D eigenvalue weighted by atomic mass is 32.2. The Morgan fingerprint density at radius 2 is 1.94 bits per heavy atom. The summed E-state index contributed by atoms with van der Waals surface area (Å²) >= 11 is 1.25. The maximum absolute atomic E-state index is 12.5. The van der Waals surface area contributed by atoms with Gasteiger partial charge in [0.1, 0.15) is 17.1 Å². The molecule has 0 aliphatic rings. The Morgan fingerprint density at radius 3 is 2.74 bits per heavy atom. The average molecular weight is 458 g/mol. The fraction of sp³-hybridized carbons (Fsp3) is 0.182. The van der Waals surface area contributed by atoms with E-state index in [0.29, 0.717) is 22.4 Å². The number of carbonyl (C=O) groups excluding carboxylic acids is 1. The van der Waals surface area contributed by atoms with E-state index in [9.17, 15) is 18.0 Å². The summed E-state index contributed by atoms with van der Waals surface area (Å²) in [6.07, 6.45) is 1.57. The molecule has 1 N–H and O–H groups in total. The number of sulfonamides is 1. The lowest BCUT2D eigenvalue weighted by Crippen LogP contribution is -2.23. The molecule has 0 spiro atoms. The summed E-state index contributed by atoms with van der Waals surface area (Å²) in [5, 5.41) is 2.64. The van der Waals surface area contributed by atoms with Gasteiger partial charge in [0.05, 0.1) is 6.26 Å². The monoisotopic (exact) mass is 457 g/mol. The molecule has 31 heavy (non-hydrogen) atoms. The van der Waals surface area contributed by atoms with Gasteiger partial charge >= 0.3 is 11.6 Å². The van der Waals surface area contributed by atoms with Crippen LogP contribution in [-0.2, 0) is 27.8 Å². The number of rotatable bonds is 7. The number of fused-ring (bicyclic) bond motifs is 3. The zero-order valence-electron chi connectivity index (χ0n) is 16.6. The lowest BCUT2D eigenvalue weighted by Gasteiger charge is -2.09. The summed E-state index contributed by atoms with van der Waals surface area (Å²) < 4.78 is 35.5. The van der Waals surface area contributed by atoms with Crippen molar-refractivity contribution in [3.63, 3.8) is 0 Å². The highest BCUT2D eigenvalue weighted by Gasteiger charge is 2.15. The van der Waals surface area contributed by atoms with Gasteiger partial charge in [-0.1, -0.05) is 30.3 Å². The third-order valence-electron chi connectivity index (χ3n) is 4.67. The number of carbonyl (C=O) groups is 1. The minimum Gasteiger partial charge on any atom is -0.457 e. The van der Waals surface area contributed by atoms with E-state index >= 15 is 0 Å². The van der Waals surface area contributed by atoms with E-state index in [-0.39, 0.29) is 13.2 Å². The molecule has 0 radical (unpaired) electrons. The Bertz CT molecular complexity index is 1440. The van der Waals surface area contributed by atoms with Crippen molar-refractivity contribution in [1.29, 1.82) is 0 Å². The molecule has 0 aliphatic carbocycles. The second kappa shape index (κ2) is 8.62. The number of benzene rings is 2. The number of hydrogen-bond acceptors (Lipinski definition) is 7. The lowest BCUT2D eigenvalue weighted by atomic mass is 10.0. The van der Waals surface area contributed by atoms with Crippen LogP contribution in [0.15, 0.2) is 63.8 Å². The summed E-state index contributed by atoms with van der Waals surface area (Å²) in [4.78, 5) is 25.8. The van der Waals surface area contributed by atoms with Crippen LogP contribution in [0.25, 0.3) is 21.7 Å². The van der Waals surface area contributed by atoms with Crippen molar-refractivity contribution in [3.05, 3.63) is 80.3 Å². The van der Waals surface area contributed by atoms with Crippen LogP contribution in [0.3, 0.4) is 0 Å². The van der Waals surface area contributed by atoms with Crippen LogP contribution in [0, 0.1) is 0 Å². The Morgan fingerprint density at radius 1 is 1.13 bits per heavy atom. The third-order valence-corrected chi connectivity index (χ3v) is 6.53. The van der Waals surface area contributed by atoms with Crippen LogP contribution < -0.4 is 10.3 Å². The Hall–Kier alpha value is -3.01. The molecule has 2 aromatic carbocycles. The molecular weight excluding hydrogens is 438 g/mol. The highest BCUT2D eigenvalue weighted by Crippen LogP contribution is 2.28. The molecule has 0 atom stereocenters. The van der Waals surface area contributed by atoms with Gasteiger partial charge in [-0.3, -0.25) is 0 Å². The van der Waals surface area contributed by atoms with Crippen LogP contribution in [0.2, 0.25) is 0 Å². The maximum Gasteiger partial charge on any atom is 0.348 e. The summed E-state index contributed by atoms with van der Waals surface area (Å²) in [5.74, 6) is -0.506. The van der Waals surface area contributed by atoms with Gasteiger partial charge in [0, 0.05) is 28.4 Å². The van der Waals surface area contributed by atoms with Crippen molar-refractivity contribution in [2.45, 2.75) is 13.0 Å². The highest BCUT2D eigenvalue weighted by molar-refractivity contribution is 7.88. The van der Waals surface area contributed by atoms with E-state index in [1.807, 2.05) is 30.3 Å². The van der Waals surface area contributed by atoms with Crippen molar-refractivity contribution in [1.82, 2.24) is 4.72 Å². The molecule has 0 amide bonds. The fourth-order valence-corrected chi connectivity index (χ4v) is 4.70. The lowest BCUT2D eigenvalue weighted by molar-refractivity contribution is 0.0479. The standard InChI is InChI=1S/C22H19NO6S2/c1-31(26,27)23-11-10-16-7-9-19(30-16)22(25)28-13-15-12-20(24)29-18-8-6-14-4-2-3-5-17(14)21(15)18/h2-9,12,23H,10-11,13H2,1H3. The van der Waals surface area contributed by atoms with Gasteiger partial charge in [0.25, 0.3) is 0 Å². The number of esters is 1. The van der Waals surface area contributed by atoms with Gasteiger partial charge in [-0.15, -0.1) is 11.3 Å². The molecule has 0 saturated carbocycles. The summed E-state index contributed by atoms with van der Waals surface area (Å²) in [5.41, 5.74) is 0.505. The van der Waals surface area contributed by atoms with E-state index in [2.05, 4.69) is 4.72 Å². The predicted octanol–water partition coefficient (Wildman–Crippen LogP) is 3.46. The molecule has 0 fully saturated rings. The van der Waals surface area contributed by atoms with E-state index in [0.717, 1.165) is 27.3 Å². The molecule has 2 heterocycles. The predicted molar refractivity (Wildman–Crippen MR) is 120 cm³/mol. The first-order chi connectivity index (χ1) is 14.8. The van der Waals surface area contributed by atoms with Gasteiger partial charge < -0.3 is 9.15 Å². The minimum atomic E-state index is -3.25. The molecule has 0 unspecified atom stereocenters. The fourth-order valence-electron chi connectivity index (χ4n) is 3.33. The average Bonchev–Trinajstić information content (AvgIpc) is 3.19. The molecule has 2 aromatic heterocycles.